The molecule has 0 aliphatic rings. The highest BCUT2D eigenvalue weighted by molar-refractivity contribution is 5.51. The largest absolute Gasteiger partial charge is 0.311 e. The van der Waals surface area contributed by atoms with Crippen LogP contribution in [0.3, 0.4) is 0 Å². The average molecular weight is 192 g/mol. The molecule has 0 aliphatic carbocycles. The molecule has 0 aromatic carbocycles. The number of aromatic amines is 1. The second-order valence-electron chi connectivity index (χ2n) is 2.48. The first-order valence-electron chi connectivity index (χ1n) is 3.78. The molecule has 70 valence electrons. The Morgan fingerprint density at radius 3 is 2.86 bits per heavy atom. The molecule has 1 N–H and O–H groups in total. The zero-order valence-electron chi connectivity index (χ0n) is 6.94. The topological polar surface area (TPSA) is 71.5 Å². The Morgan fingerprint density at radius 2 is 2.14 bits per heavy atom. The summed E-state index contributed by atoms with van der Waals surface area (Å²) in [6, 6.07) is 0. The van der Waals surface area contributed by atoms with Crippen LogP contribution >= 0.6 is 0 Å². The summed E-state index contributed by atoms with van der Waals surface area (Å²) >= 11 is 0. The Hall–Kier alpha value is -2.11. The maximum absolute atomic E-state index is 13.2. The molecule has 2 heterocycles. The minimum Gasteiger partial charge on any atom is -0.311 e. The normalized spacial score (nSPS) is 10.1. The Kier molecular flexibility index (Phi) is 2.02. The molecule has 0 spiro atoms. The van der Waals surface area contributed by atoms with Gasteiger partial charge in [0.25, 0.3) is 5.56 Å². The number of nitrogens with zero attached hydrogens (tertiary/aromatic N) is 3. The van der Waals surface area contributed by atoms with Crippen molar-refractivity contribution < 1.29 is 4.39 Å². The Bertz CT molecular complexity index is 496. The van der Waals surface area contributed by atoms with Crippen LogP contribution in [0.5, 0.6) is 0 Å². The first-order valence-corrected chi connectivity index (χ1v) is 3.78. The maximum Gasteiger partial charge on any atom is 0.287 e. The lowest BCUT2D eigenvalue weighted by Gasteiger charge is -1.97. The van der Waals surface area contributed by atoms with E-state index < -0.39 is 11.4 Å². The molecule has 0 radical (unpaired) electrons. The summed E-state index contributed by atoms with van der Waals surface area (Å²) in [5.41, 5.74) is -0.682. The first kappa shape index (κ1) is 8.49. The highest BCUT2D eigenvalue weighted by Crippen LogP contribution is 2.11. The zero-order chi connectivity index (χ0) is 9.97. The van der Waals surface area contributed by atoms with Crippen LogP contribution in [-0.2, 0) is 0 Å². The molecule has 2 aromatic rings. The Morgan fingerprint density at radius 1 is 1.29 bits per heavy atom. The molecule has 5 nitrogen and oxygen atoms in total. The zero-order valence-corrected chi connectivity index (χ0v) is 6.94. The third-order valence-electron chi connectivity index (χ3n) is 1.60. The van der Waals surface area contributed by atoms with Crippen LogP contribution in [0.1, 0.15) is 0 Å². The Balaban J connectivity index is 2.64. The maximum atomic E-state index is 13.2. The van der Waals surface area contributed by atoms with Crippen LogP contribution < -0.4 is 5.56 Å². The van der Waals surface area contributed by atoms with E-state index in [1.54, 1.807) is 0 Å². The molecule has 0 amide bonds. The third-order valence-corrected chi connectivity index (χ3v) is 1.60. The van der Waals surface area contributed by atoms with Crippen molar-refractivity contribution in [2.45, 2.75) is 0 Å². The minimum atomic E-state index is -0.951. The van der Waals surface area contributed by atoms with Gasteiger partial charge in [0.15, 0.2) is 0 Å². The van der Waals surface area contributed by atoms with Crippen LogP contribution in [0.4, 0.5) is 4.39 Å². The van der Waals surface area contributed by atoms with E-state index in [-0.39, 0.29) is 11.4 Å². The fourth-order valence-corrected chi connectivity index (χ4v) is 0.983. The van der Waals surface area contributed by atoms with Gasteiger partial charge in [-0.05, 0) is 0 Å². The van der Waals surface area contributed by atoms with Crippen LogP contribution in [0.2, 0.25) is 0 Å². The minimum absolute atomic E-state index is 0.0955. The van der Waals surface area contributed by atoms with E-state index in [2.05, 4.69) is 19.9 Å². The van der Waals surface area contributed by atoms with Gasteiger partial charge in [0.2, 0.25) is 5.82 Å². The number of aromatic nitrogens is 4. The van der Waals surface area contributed by atoms with E-state index in [0.717, 1.165) is 6.33 Å². The molecule has 0 atom stereocenters. The van der Waals surface area contributed by atoms with Gasteiger partial charge in [-0.1, -0.05) is 0 Å². The SMILES string of the molecule is O=c1[nH]cnc(-c2cnccn2)c1F. The number of H-pyrrole nitrogens is 1. The molecular weight excluding hydrogens is 187 g/mol. The van der Waals surface area contributed by atoms with Gasteiger partial charge in [0.1, 0.15) is 11.4 Å². The summed E-state index contributed by atoms with van der Waals surface area (Å²) in [6.45, 7) is 0. The first-order chi connectivity index (χ1) is 6.79. The van der Waals surface area contributed by atoms with Gasteiger partial charge in [-0.3, -0.25) is 14.8 Å². The quantitative estimate of drug-likeness (QED) is 0.708. The summed E-state index contributed by atoms with van der Waals surface area (Å²) in [5, 5.41) is 0. The van der Waals surface area contributed by atoms with E-state index >= 15 is 0 Å². The lowest BCUT2D eigenvalue weighted by atomic mass is 10.3. The van der Waals surface area contributed by atoms with Crippen molar-refractivity contribution in [2.75, 3.05) is 0 Å². The van der Waals surface area contributed by atoms with Crippen molar-refractivity contribution in [1.82, 2.24) is 19.9 Å². The average Bonchev–Trinajstić information content (AvgIpc) is 2.23. The van der Waals surface area contributed by atoms with E-state index in [0.29, 0.717) is 0 Å². The van der Waals surface area contributed by atoms with E-state index in [4.69, 9.17) is 0 Å². The van der Waals surface area contributed by atoms with Gasteiger partial charge >= 0.3 is 0 Å². The number of rotatable bonds is 1. The highest BCUT2D eigenvalue weighted by atomic mass is 19.1. The van der Waals surface area contributed by atoms with Gasteiger partial charge in [-0.2, -0.15) is 4.39 Å². The predicted molar refractivity (Wildman–Crippen MR) is 45.8 cm³/mol. The highest BCUT2D eigenvalue weighted by Gasteiger charge is 2.10. The predicted octanol–water partition coefficient (Wildman–Crippen LogP) is 0.366. The summed E-state index contributed by atoms with van der Waals surface area (Å²) in [7, 11) is 0. The van der Waals surface area contributed by atoms with Crippen molar-refractivity contribution in [2.24, 2.45) is 0 Å². The molecule has 6 heteroatoms. The van der Waals surface area contributed by atoms with Gasteiger partial charge in [0.05, 0.1) is 12.5 Å². The standard InChI is InChI=1S/C8H5FN4O/c9-6-7(12-4-13-8(6)14)5-3-10-1-2-11-5/h1-4H,(H,12,13,14). The molecular formula is C8H5FN4O. The summed E-state index contributed by atoms with van der Waals surface area (Å²) < 4.78 is 13.2. The second-order valence-corrected chi connectivity index (χ2v) is 2.48. The van der Waals surface area contributed by atoms with Crippen molar-refractivity contribution in [3.63, 3.8) is 0 Å². The van der Waals surface area contributed by atoms with Crippen LogP contribution in [0.15, 0.2) is 29.7 Å². The van der Waals surface area contributed by atoms with Crippen molar-refractivity contribution >= 4 is 0 Å². The second kappa shape index (κ2) is 3.33. The fraction of sp³-hybridized carbons (Fsp3) is 0. The molecule has 0 bridgehead atoms. The number of hydrogen-bond acceptors (Lipinski definition) is 4. The third kappa shape index (κ3) is 1.37. The summed E-state index contributed by atoms with van der Waals surface area (Å²) in [5.74, 6) is -0.951. The van der Waals surface area contributed by atoms with E-state index in [9.17, 15) is 9.18 Å². The molecule has 2 aromatic heterocycles. The summed E-state index contributed by atoms with van der Waals surface area (Å²) in [6.07, 6.45) is 5.31. The molecule has 0 unspecified atom stereocenters. The van der Waals surface area contributed by atoms with Crippen LogP contribution in [0, 0.1) is 5.82 Å². The van der Waals surface area contributed by atoms with E-state index in [1.807, 2.05) is 0 Å². The molecule has 0 saturated carbocycles. The molecule has 0 aliphatic heterocycles. The monoisotopic (exact) mass is 192 g/mol. The van der Waals surface area contributed by atoms with Crippen LogP contribution in [0.25, 0.3) is 11.4 Å². The lowest BCUT2D eigenvalue weighted by Crippen LogP contribution is -2.12. The number of hydrogen-bond donors (Lipinski definition) is 1. The van der Waals surface area contributed by atoms with E-state index in [1.165, 1.54) is 18.6 Å². The van der Waals surface area contributed by atoms with Crippen molar-refractivity contribution in [1.29, 1.82) is 0 Å². The molecule has 2 rings (SSSR count). The van der Waals surface area contributed by atoms with Gasteiger partial charge < -0.3 is 4.98 Å². The van der Waals surface area contributed by atoms with Gasteiger partial charge in [-0.15, -0.1) is 0 Å². The van der Waals surface area contributed by atoms with Crippen molar-refractivity contribution in [3.05, 3.63) is 41.1 Å². The van der Waals surface area contributed by atoms with Crippen LogP contribution in [-0.4, -0.2) is 19.9 Å². The molecule has 0 fully saturated rings. The van der Waals surface area contributed by atoms with Gasteiger partial charge in [-0.25, -0.2) is 4.98 Å². The number of nitrogens with one attached hydrogen (secondary N) is 1. The lowest BCUT2D eigenvalue weighted by molar-refractivity contribution is 0.604. The smallest absolute Gasteiger partial charge is 0.287 e. The Labute approximate surface area is 77.7 Å². The number of halogens is 1. The van der Waals surface area contributed by atoms with Crippen molar-refractivity contribution in [3.8, 4) is 11.4 Å². The fourth-order valence-electron chi connectivity index (χ4n) is 0.983. The van der Waals surface area contributed by atoms with Gasteiger partial charge in [0, 0.05) is 12.4 Å². The summed E-state index contributed by atoms with van der Waals surface area (Å²) in [4.78, 5) is 24.3. The molecule has 14 heavy (non-hydrogen) atoms. The molecule has 0 saturated heterocycles.